The molecule has 2 unspecified atom stereocenters. The highest BCUT2D eigenvalue weighted by atomic mass is 16.5. The van der Waals surface area contributed by atoms with Crippen molar-refractivity contribution < 1.29 is 19.1 Å². The molecule has 0 aromatic heterocycles. The molecule has 0 saturated carbocycles. The van der Waals surface area contributed by atoms with Crippen molar-refractivity contribution in [3.63, 3.8) is 0 Å². The smallest absolute Gasteiger partial charge is 0.323 e. The topological polar surface area (TPSA) is 64.6 Å². The number of hydrogen-bond acceptors (Lipinski definition) is 5. The largest absolute Gasteiger partial charge is 0.465 e. The number of rotatable bonds is 20. The van der Waals surface area contributed by atoms with Crippen molar-refractivity contribution in [2.75, 3.05) is 13.2 Å². The van der Waals surface area contributed by atoms with Gasteiger partial charge in [0.2, 0.25) is 0 Å². The van der Waals surface area contributed by atoms with Gasteiger partial charge in [-0.2, -0.15) is 0 Å². The molecule has 1 heterocycles. The van der Waals surface area contributed by atoms with Crippen LogP contribution in [0.25, 0.3) is 0 Å². The highest BCUT2D eigenvalue weighted by molar-refractivity contribution is 5.76. The summed E-state index contributed by atoms with van der Waals surface area (Å²) >= 11 is 0. The monoisotopic (exact) mass is 439 g/mol. The van der Waals surface area contributed by atoms with Gasteiger partial charge in [-0.1, -0.05) is 65.2 Å². The molecule has 5 heteroatoms. The molecule has 2 atom stereocenters. The molecular weight excluding hydrogens is 390 g/mol. The third-order valence-electron chi connectivity index (χ3n) is 6.17. The highest BCUT2D eigenvalue weighted by Gasteiger charge is 2.23. The van der Waals surface area contributed by atoms with E-state index in [0.717, 1.165) is 64.3 Å². The molecule has 1 aliphatic heterocycles. The van der Waals surface area contributed by atoms with E-state index in [1.54, 1.807) is 0 Å². The molecule has 0 radical (unpaired) electrons. The quantitative estimate of drug-likeness (QED) is 0.174. The minimum atomic E-state index is -0.127. The predicted octanol–water partition coefficient (Wildman–Crippen LogP) is 6.47. The summed E-state index contributed by atoms with van der Waals surface area (Å²) in [6, 6.07) is -0.115. The van der Waals surface area contributed by atoms with Crippen molar-refractivity contribution >= 4 is 11.9 Å². The molecule has 1 saturated heterocycles. The number of carbonyl (C=O) groups excluding carboxylic acids is 2. The van der Waals surface area contributed by atoms with Gasteiger partial charge in [0.15, 0.2) is 0 Å². The maximum absolute atomic E-state index is 12.3. The van der Waals surface area contributed by atoms with Crippen LogP contribution in [-0.2, 0) is 19.1 Å². The number of hydrogen-bond donors (Lipinski definition) is 1. The van der Waals surface area contributed by atoms with Gasteiger partial charge in [-0.3, -0.25) is 9.59 Å². The van der Waals surface area contributed by atoms with Crippen LogP contribution in [0, 0.1) is 0 Å². The second kappa shape index (κ2) is 19.6. The molecule has 0 spiro atoms. The fraction of sp³-hybridized carbons (Fsp3) is 0.923. The highest BCUT2D eigenvalue weighted by Crippen LogP contribution is 2.17. The maximum Gasteiger partial charge on any atom is 0.323 e. The fourth-order valence-electron chi connectivity index (χ4n) is 4.17. The van der Waals surface area contributed by atoms with Gasteiger partial charge in [0.1, 0.15) is 12.1 Å². The third-order valence-corrected chi connectivity index (χ3v) is 6.17. The lowest BCUT2D eigenvalue weighted by atomic mass is 10.0. The lowest BCUT2D eigenvalue weighted by molar-refractivity contribution is -0.150. The van der Waals surface area contributed by atoms with E-state index in [0.29, 0.717) is 13.0 Å². The van der Waals surface area contributed by atoms with E-state index >= 15 is 0 Å². The summed E-state index contributed by atoms with van der Waals surface area (Å²) in [5.74, 6) is -0.184. The summed E-state index contributed by atoms with van der Waals surface area (Å²) in [5, 5.41) is 3.15. The van der Waals surface area contributed by atoms with Gasteiger partial charge in [0.25, 0.3) is 0 Å². The first kappa shape index (κ1) is 27.9. The summed E-state index contributed by atoms with van der Waals surface area (Å²) < 4.78 is 11.2. The lowest BCUT2D eigenvalue weighted by Gasteiger charge is -2.18. The molecular formula is C26H49NO4. The Labute approximate surface area is 191 Å². The van der Waals surface area contributed by atoms with Crippen LogP contribution in [0.2, 0.25) is 0 Å². The average molecular weight is 440 g/mol. The molecule has 1 N–H and O–H groups in total. The molecule has 182 valence electrons. The van der Waals surface area contributed by atoms with Gasteiger partial charge >= 0.3 is 11.9 Å². The Bertz CT molecular complexity index is 449. The second-order valence-corrected chi connectivity index (χ2v) is 9.14. The van der Waals surface area contributed by atoms with Gasteiger partial charge < -0.3 is 14.8 Å². The molecule has 1 rings (SSSR count). The van der Waals surface area contributed by atoms with Crippen LogP contribution in [0.5, 0.6) is 0 Å². The normalized spacial score (nSPS) is 16.9. The molecule has 0 aliphatic carbocycles. The average Bonchev–Trinajstić information content (AvgIpc) is 3.30. The van der Waals surface area contributed by atoms with Crippen molar-refractivity contribution in [1.82, 2.24) is 5.32 Å². The SMILES string of the molecule is CCCCCCCCC(CCCCCC)OC(=O)CCCCCOC(=O)C1CCCN1. The Morgan fingerprint density at radius 2 is 1.45 bits per heavy atom. The van der Waals surface area contributed by atoms with E-state index in [1.165, 1.54) is 51.4 Å². The molecule has 5 nitrogen and oxygen atoms in total. The van der Waals surface area contributed by atoms with Crippen molar-refractivity contribution in [2.24, 2.45) is 0 Å². The molecule has 0 amide bonds. The number of ether oxygens (including phenoxy) is 2. The minimum Gasteiger partial charge on any atom is -0.465 e. The van der Waals surface area contributed by atoms with E-state index in [9.17, 15) is 9.59 Å². The zero-order valence-electron chi connectivity index (χ0n) is 20.4. The van der Waals surface area contributed by atoms with Crippen LogP contribution >= 0.6 is 0 Å². The summed E-state index contributed by atoms with van der Waals surface area (Å²) in [6.07, 6.45) is 19.5. The summed E-state index contributed by atoms with van der Waals surface area (Å²) in [4.78, 5) is 24.2. The Hall–Kier alpha value is -1.10. The van der Waals surface area contributed by atoms with Gasteiger partial charge in [0.05, 0.1) is 6.61 Å². The predicted molar refractivity (Wildman–Crippen MR) is 127 cm³/mol. The zero-order chi connectivity index (χ0) is 22.6. The number of carbonyl (C=O) groups is 2. The number of nitrogens with one attached hydrogen (secondary N) is 1. The standard InChI is InChI=1S/C26H49NO4/c1-3-5-7-9-10-13-18-23(17-12-8-6-4-2)31-25(28)20-14-11-15-22-30-26(29)24-19-16-21-27-24/h23-24,27H,3-22H2,1-2H3. The zero-order valence-corrected chi connectivity index (χ0v) is 20.4. The first-order chi connectivity index (χ1) is 15.2. The van der Waals surface area contributed by atoms with Gasteiger partial charge in [-0.05, 0) is 64.3 Å². The van der Waals surface area contributed by atoms with Crippen molar-refractivity contribution in [3.05, 3.63) is 0 Å². The van der Waals surface area contributed by atoms with Gasteiger partial charge in [-0.25, -0.2) is 0 Å². The second-order valence-electron chi connectivity index (χ2n) is 9.14. The third kappa shape index (κ3) is 15.4. The van der Waals surface area contributed by atoms with E-state index < -0.39 is 0 Å². The minimum absolute atomic E-state index is 0.0568. The van der Waals surface area contributed by atoms with Crippen LogP contribution in [0.4, 0.5) is 0 Å². The van der Waals surface area contributed by atoms with Gasteiger partial charge in [0, 0.05) is 6.42 Å². The first-order valence-electron chi connectivity index (χ1n) is 13.3. The Kier molecular flexibility index (Phi) is 17.6. The van der Waals surface area contributed by atoms with E-state index in [4.69, 9.17) is 9.47 Å². The summed E-state index contributed by atoms with van der Waals surface area (Å²) in [6.45, 7) is 5.82. The van der Waals surface area contributed by atoms with E-state index in [1.807, 2.05) is 0 Å². The van der Waals surface area contributed by atoms with E-state index in [2.05, 4.69) is 19.2 Å². The molecule has 31 heavy (non-hydrogen) atoms. The molecule has 1 aliphatic rings. The number of esters is 2. The molecule has 0 aromatic rings. The Morgan fingerprint density at radius 3 is 2.10 bits per heavy atom. The van der Waals surface area contributed by atoms with Gasteiger partial charge in [-0.15, -0.1) is 0 Å². The van der Waals surface area contributed by atoms with Crippen molar-refractivity contribution in [3.8, 4) is 0 Å². The Balaban J connectivity index is 2.13. The van der Waals surface area contributed by atoms with Crippen LogP contribution in [0.1, 0.15) is 129 Å². The van der Waals surface area contributed by atoms with E-state index in [-0.39, 0.29) is 24.1 Å². The van der Waals surface area contributed by atoms with Crippen molar-refractivity contribution in [1.29, 1.82) is 0 Å². The fourth-order valence-corrected chi connectivity index (χ4v) is 4.17. The lowest BCUT2D eigenvalue weighted by Crippen LogP contribution is -2.32. The maximum atomic E-state index is 12.3. The van der Waals surface area contributed by atoms with Crippen molar-refractivity contribution in [2.45, 2.75) is 142 Å². The van der Waals surface area contributed by atoms with Crippen LogP contribution in [-0.4, -0.2) is 37.2 Å². The molecule has 0 bridgehead atoms. The summed E-state index contributed by atoms with van der Waals surface area (Å²) in [5.41, 5.74) is 0. The first-order valence-corrected chi connectivity index (χ1v) is 13.3. The summed E-state index contributed by atoms with van der Waals surface area (Å²) in [7, 11) is 0. The van der Waals surface area contributed by atoms with Crippen LogP contribution in [0.3, 0.4) is 0 Å². The Morgan fingerprint density at radius 1 is 0.839 bits per heavy atom. The molecule has 0 aromatic carbocycles. The van der Waals surface area contributed by atoms with Crippen LogP contribution < -0.4 is 5.32 Å². The molecule has 1 fully saturated rings. The van der Waals surface area contributed by atoms with Crippen LogP contribution in [0.15, 0.2) is 0 Å². The number of unbranched alkanes of at least 4 members (excludes halogenated alkanes) is 10.